The van der Waals surface area contributed by atoms with Gasteiger partial charge in [-0.15, -0.1) is 0 Å². The van der Waals surface area contributed by atoms with Gasteiger partial charge in [0.05, 0.1) is 5.41 Å². The van der Waals surface area contributed by atoms with E-state index in [-0.39, 0.29) is 5.41 Å². The molecule has 2 fully saturated rings. The van der Waals surface area contributed by atoms with Crippen LogP contribution >= 0.6 is 11.8 Å². The summed E-state index contributed by atoms with van der Waals surface area (Å²) in [5.74, 6) is 0.301. The van der Waals surface area contributed by atoms with Crippen LogP contribution in [0.3, 0.4) is 0 Å². The zero-order valence-electron chi connectivity index (χ0n) is 13.8. The summed E-state index contributed by atoms with van der Waals surface area (Å²) in [7, 11) is 0. The number of amides is 1. The lowest BCUT2D eigenvalue weighted by molar-refractivity contribution is -0.132. The first-order chi connectivity index (χ1) is 10.2. The summed E-state index contributed by atoms with van der Waals surface area (Å²) in [6.45, 7) is 4.97. The van der Waals surface area contributed by atoms with E-state index in [4.69, 9.17) is 0 Å². The second-order valence-corrected chi connectivity index (χ2v) is 8.22. The van der Waals surface area contributed by atoms with Crippen LogP contribution in [0, 0.1) is 5.41 Å². The molecule has 0 bridgehead atoms. The number of nitrogens with one attached hydrogen (secondary N) is 2. The number of hydrogen-bond acceptors (Lipinski definition) is 3. The molecule has 2 rings (SSSR count). The Labute approximate surface area is 134 Å². The molecular weight excluding hydrogens is 280 g/mol. The van der Waals surface area contributed by atoms with Gasteiger partial charge in [-0.1, -0.05) is 32.6 Å². The molecular formula is C17H32N2OS. The summed E-state index contributed by atoms with van der Waals surface area (Å²) in [5.41, 5.74) is -0.152. The summed E-state index contributed by atoms with van der Waals surface area (Å²) < 4.78 is 0.295. The zero-order valence-corrected chi connectivity index (χ0v) is 14.6. The molecule has 1 aliphatic carbocycles. The fraction of sp³-hybridized carbons (Fsp3) is 0.941. The lowest BCUT2D eigenvalue weighted by Gasteiger charge is -2.39. The molecule has 1 amide bonds. The maximum atomic E-state index is 12.9. The van der Waals surface area contributed by atoms with Gasteiger partial charge < -0.3 is 10.6 Å². The largest absolute Gasteiger partial charge is 0.354 e. The van der Waals surface area contributed by atoms with E-state index in [1.165, 1.54) is 32.1 Å². The average Bonchev–Trinajstić information content (AvgIpc) is 2.54. The second kappa shape index (κ2) is 7.87. The van der Waals surface area contributed by atoms with Crippen LogP contribution in [-0.4, -0.2) is 36.5 Å². The number of carbonyl (C=O) groups excluding carboxylic acids is 1. The lowest BCUT2D eigenvalue weighted by atomic mass is 9.76. The highest BCUT2D eigenvalue weighted by molar-refractivity contribution is 8.00. The molecule has 1 atom stereocenters. The molecule has 0 aromatic heterocycles. The number of carbonyl (C=O) groups is 1. The Balaban J connectivity index is 1.94. The monoisotopic (exact) mass is 312 g/mol. The van der Waals surface area contributed by atoms with Crippen molar-refractivity contribution in [2.75, 3.05) is 25.9 Å². The van der Waals surface area contributed by atoms with Gasteiger partial charge in [0.25, 0.3) is 0 Å². The maximum Gasteiger partial charge on any atom is 0.227 e. The molecule has 2 N–H and O–H groups in total. The topological polar surface area (TPSA) is 41.1 Å². The van der Waals surface area contributed by atoms with Crippen molar-refractivity contribution in [3.05, 3.63) is 0 Å². The molecule has 0 aromatic carbocycles. The van der Waals surface area contributed by atoms with Gasteiger partial charge in [0.1, 0.15) is 0 Å². The molecule has 0 spiro atoms. The van der Waals surface area contributed by atoms with Crippen LogP contribution in [-0.2, 0) is 4.79 Å². The molecule has 0 aromatic rings. The number of rotatable bonds is 6. The summed E-state index contributed by atoms with van der Waals surface area (Å²) in [5, 5.41) is 6.78. The highest BCUT2D eigenvalue weighted by Crippen LogP contribution is 2.38. The molecule has 0 radical (unpaired) electrons. The van der Waals surface area contributed by atoms with Crippen LogP contribution in [0.15, 0.2) is 0 Å². The first-order valence-corrected chi connectivity index (χ1v) is 9.93. The lowest BCUT2D eigenvalue weighted by Crippen LogP contribution is -2.53. The number of hydrogen-bond donors (Lipinski definition) is 2. The van der Waals surface area contributed by atoms with Gasteiger partial charge in [-0.05, 0) is 44.9 Å². The minimum Gasteiger partial charge on any atom is -0.354 e. The average molecular weight is 313 g/mol. The third-order valence-electron chi connectivity index (χ3n) is 5.45. The number of thioether (sulfide) groups is 1. The van der Waals surface area contributed by atoms with Gasteiger partial charge in [-0.2, -0.15) is 11.8 Å². The van der Waals surface area contributed by atoms with Crippen LogP contribution in [0.25, 0.3) is 0 Å². The molecule has 1 saturated carbocycles. The predicted molar refractivity (Wildman–Crippen MR) is 91.8 cm³/mol. The van der Waals surface area contributed by atoms with Gasteiger partial charge in [0.15, 0.2) is 0 Å². The van der Waals surface area contributed by atoms with Gasteiger partial charge in [0.2, 0.25) is 5.91 Å². The Hall–Kier alpha value is -0.220. The van der Waals surface area contributed by atoms with Crippen LogP contribution < -0.4 is 10.6 Å². The van der Waals surface area contributed by atoms with Gasteiger partial charge >= 0.3 is 0 Å². The minimum atomic E-state index is -0.152. The van der Waals surface area contributed by atoms with Crippen molar-refractivity contribution in [2.45, 2.75) is 69.5 Å². The summed E-state index contributed by atoms with van der Waals surface area (Å²) in [6, 6.07) is 0. The minimum absolute atomic E-state index is 0.152. The van der Waals surface area contributed by atoms with E-state index < -0.39 is 0 Å². The van der Waals surface area contributed by atoms with Crippen LogP contribution in [0.1, 0.15) is 64.7 Å². The molecule has 1 aliphatic heterocycles. The van der Waals surface area contributed by atoms with Crippen LogP contribution in [0.2, 0.25) is 0 Å². The molecule has 1 saturated heterocycles. The summed E-state index contributed by atoms with van der Waals surface area (Å²) in [6.07, 6.45) is 13.0. The van der Waals surface area contributed by atoms with Crippen molar-refractivity contribution >= 4 is 17.7 Å². The van der Waals surface area contributed by atoms with Crippen LogP contribution in [0.4, 0.5) is 0 Å². The predicted octanol–water partition coefficient (Wildman–Crippen LogP) is 3.34. The van der Waals surface area contributed by atoms with E-state index >= 15 is 0 Å². The van der Waals surface area contributed by atoms with E-state index in [2.05, 4.69) is 23.8 Å². The fourth-order valence-electron chi connectivity index (χ4n) is 4.05. The van der Waals surface area contributed by atoms with E-state index in [1.807, 2.05) is 11.8 Å². The SMILES string of the molecule is CCCC1(C(=O)NCC2(SC)CCCCC2)CCCNC1. The normalized spacial score (nSPS) is 29.0. The third-order valence-corrected chi connectivity index (χ3v) is 6.87. The Morgan fingerprint density at radius 2 is 1.95 bits per heavy atom. The van der Waals surface area contributed by atoms with E-state index in [9.17, 15) is 4.79 Å². The number of piperidine rings is 1. The summed E-state index contributed by atoms with van der Waals surface area (Å²) >= 11 is 1.96. The molecule has 122 valence electrons. The molecule has 3 nitrogen and oxygen atoms in total. The van der Waals surface area contributed by atoms with Crippen molar-refractivity contribution in [3.8, 4) is 0 Å². The molecule has 2 aliphatic rings. The molecule has 21 heavy (non-hydrogen) atoms. The Morgan fingerprint density at radius 3 is 2.52 bits per heavy atom. The Kier molecular flexibility index (Phi) is 6.42. The first-order valence-electron chi connectivity index (χ1n) is 8.71. The van der Waals surface area contributed by atoms with Crippen molar-refractivity contribution < 1.29 is 4.79 Å². The quantitative estimate of drug-likeness (QED) is 0.790. The smallest absolute Gasteiger partial charge is 0.227 e. The Morgan fingerprint density at radius 1 is 1.19 bits per heavy atom. The van der Waals surface area contributed by atoms with E-state index in [0.29, 0.717) is 10.7 Å². The fourth-order valence-corrected chi connectivity index (χ4v) is 4.96. The van der Waals surface area contributed by atoms with E-state index in [0.717, 1.165) is 45.3 Å². The first kappa shape index (κ1) is 17.1. The zero-order chi connectivity index (χ0) is 15.2. The van der Waals surface area contributed by atoms with Gasteiger partial charge in [-0.3, -0.25) is 4.79 Å². The maximum absolute atomic E-state index is 12.9. The standard InChI is InChI=1S/C17H32N2OS/c1-3-8-16(9-7-12-18-13-16)15(20)19-14-17(21-2)10-5-4-6-11-17/h18H,3-14H2,1-2H3,(H,19,20). The van der Waals surface area contributed by atoms with Crippen molar-refractivity contribution in [1.82, 2.24) is 10.6 Å². The second-order valence-electron chi connectivity index (χ2n) is 6.94. The van der Waals surface area contributed by atoms with Crippen molar-refractivity contribution in [1.29, 1.82) is 0 Å². The van der Waals surface area contributed by atoms with Crippen LogP contribution in [0.5, 0.6) is 0 Å². The third kappa shape index (κ3) is 4.16. The molecule has 1 heterocycles. The van der Waals surface area contributed by atoms with E-state index in [1.54, 1.807) is 0 Å². The summed E-state index contributed by atoms with van der Waals surface area (Å²) in [4.78, 5) is 12.9. The Bertz CT molecular complexity index is 328. The highest BCUT2D eigenvalue weighted by Gasteiger charge is 2.40. The van der Waals surface area contributed by atoms with Gasteiger partial charge in [-0.25, -0.2) is 0 Å². The molecule has 1 unspecified atom stereocenters. The highest BCUT2D eigenvalue weighted by atomic mass is 32.2. The van der Waals surface area contributed by atoms with Crippen molar-refractivity contribution in [3.63, 3.8) is 0 Å². The van der Waals surface area contributed by atoms with Crippen molar-refractivity contribution in [2.24, 2.45) is 5.41 Å². The van der Waals surface area contributed by atoms with Gasteiger partial charge in [0, 0.05) is 17.8 Å². The molecule has 4 heteroatoms.